The van der Waals surface area contributed by atoms with Crippen LogP contribution in [0.2, 0.25) is 19.6 Å². The average Bonchev–Trinajstić information content (AvgIpc) is 3.69. The van der Waals surface area contributed by atoms with Crippen molar-refractivity contribution in [3.8, 4) is 22.5 Å². The van der Waals surface area contributed by atoms with E-state index in [1.807, 2.05) is 80.7 Å². The van der Waals surface area contributed by atoms with E-state index >= 15 is 0 Å². The Morgan fingerprint density at radius 1 is 0.891 bits per heavy atom. The van der Waals surface area contributed by atoms with Gasteiger partial charge in [0.05, 0.1) is 19.9 Å². The Balaban J connectivity index is 0.000000188. The summed E-state index contributed by atoms with van der Waals surface area (Å²) in [5.41, 5.74) is 7.07. The molecule has 3 aromatic carbocycles. The van der Waals surface area contributed by atoms with Crippen LogP contribution >= 0.6 is 0 Å². The van der Waals surface area contributed by atoms with Gasteiger partial charge in [-0.25, -0.2) is 4.39 Å². The number of hydrogen-bond acceptors (Lipinski definition) is 3. The fourth-order valence-electron chi connectivity index (χ4n) is 6.29. The van der Waals surface area contributed by atoms with Crippen LogP contribution < -0.4 is 5.19 Å². The van der Waals surface area contributed by atoms with E-state index in [9.17, 15) is 4.39 Å². The smallest absolute Gasteiger partial charge is 0.142 e. The average molecular weight is 806 g/mol. The zero-order valence-corrected chi connectivity index (χ0v) is 30.6. The van der Waals surface area contributed by atoms with Crippen LogP contribution in [0.5, 0.6) is 0 Å². The van der Waals surface area contributed by atoms with Gasteiger partial charge < -0.3 is 14.4 Å². The van der Waals surface area contributed by atoms with Gasteiger partial charge in [0.2, 0.25) is 0 Å². The van der Waals surface area contributed by atoms with Gasteiger partial charge in [-0.2, -0.15) is 0 Å². The molecule has 0 bridgehead atoms. The van der Waals surface area contributed by atoms with E-state index in [0.29, 0.717) is 5.92 Å². The van der Waals surface area contributed by atoms with E-state index in [-0.39, 0.29) is 25.9 Å². The van der Waals surface area contributed by atoms with Crippen molar-refractivity contribution in [2.75, 3.05) is 0 Å². The predicted molar refractivity (Wildman–Crippen MR) is 187 cm³/mol. The molecule has 0 N–H and O–H groups in total. The number of benzene rings is 3. The Morgan fingerprint density at radius 3 is 2.33 bits per heavy atom. The fourth-order valence-corrected chi connectivity index (χ4v) is 7.88. The molecule has 1 fully saturated rings. The van der Waals surface area contributed by atoms with E-state index in [2.05, 4.69) is 53.9 Å². The van der Waals surface area contributed by atoms with Gasteiger partial charge in [-0.3, -0.25) is 0 Å². The number of rotatable bonds is 6. The molecule has 6 aromatic rings. The number of furan rings is 1. The molecule has 3 aromatic heterocycles. The number of para-hydroxylation sites is 1. The summed E-state index contributed by atoms with van der Waals surface area (Å²) in [6.07, 6.45) is 9.08. The molecule has 46 heavy (non-hydrogen) atoms. The third kappa shape index (κ3) is 7.57. The van der Waals surface area contributed by atoms with Crippen LogP contribution in [0, 0.1) is 23.9 Å². The zero-order chi connectivity index (χ0) is 32.5. The van der Waals surface area contributed by atoms with Gasteiger partial charge in [-0.15, -0.1) is 59.7 Å². The molecule has 1 aliphatic carbocycles. The van der Waals surface area contributed by atoms with Crippen molar-refractivity contribution in [1.82, 2.24) is 9.97 Å². The summed E-state index contributed by atoms with van der Waals surface area (Å²) in [4.78, 5) is 8.93. The van der Waals surface area contributed by atoms with Crippen LogP contribution in [0.3, 0.4) is 0 Å². The number of aromatic nitrogens is 2. The largest absolute Gasteiger partial charge is 0.500 e. The SMILES string of the molecule is Fc1cnc(-c2[c-]cc3oc4ccccc4c3c2)cc1CC1CCCC1.[2H]C(C)(C)c1cc(-c2[c-]cccc2)ncc1[Si](C)(C)C.[Ir]. The molecule has 239 valence electrons. The van der Waals surface area contributed by atoms with E-state index in [0.717, 1.165) is 62.0 Å². The summed E-state index contributed by atoms with van der Waals surface area (Å²) in [7, 11) is -1.50. The second-order valence-corrected chi connectivity index (χ2v) is 18.4. The third-order valence-corrected chi connectivity index (χ3v) is 10.8. The number of nitrogens with zero attached hydrogens (tertiary/aromatic N) is 2. The molecule has 3 nitrogen and oxygen atoms in total. The van der Waals surface area contributed by atoms with Crippen molar-refractivity contribution in [1.29, 1.82) is 0 Å². The Bertz CT molecular complexity index is 1970. The molecule has 1 saturated carbocycles. The van der Waals surface area contributed by atoms with E-state index in [1.54, 1.807) is 0 Å². The quantitative estimate of drug-likeness (QED) is 0.124. The van der Waals surface area contributed by atoms with Gasteiger partial charge in [0, 0.05) is 33.1 Å². The monoisotopic (exact) mass is 806 g/mol. The van der Waals surface area contributed by atoms with E-state index in [4.69, 9.17) is 5.79 Å². The summed E-state index contributed by atoms with van der Waals surface area (Å²) < 4.78 is 28.6. The normalized spacial score (nSPS) is 14.1. The molecule has 1 radical (unpaired) electrons. The first-order chi connectivity index (χ1) is 22.0. The molecule has 1 aliphatic rings. The van der Waals surface area contributed by atoms with Gasteiger partial charge in [0.25, 0.3) is 0 Å². The Morgan fingerprint density at radius 2 is 1.61 bits per heavy atom. The zero-order valence-electron chi connectivity index (χ0n) is 28.2. The summed E-state index contributed by atoms with van der Waals surface area (Å²) in [6, 6.07) is 30.2. The number of halogens is 1. The van der Waals surface area contributed by atoms with Crippen LogP contribution in [-0.4, -0.2) is 18.0 Å². The Hall–Kier alpha value is -3.44. The third-order valence-electron chi connectivity index (χ3n) is 8.74. The van der Waals surface area contributed by atoms with Gasteiger partial charge in [-0.1, -0.05) is 100 Å². The van der Waals surface area contributed by atoms with Gasteiger partial charge >= 0.3 is 0 Å². The van der Waals surface area contributed by atoms with Crippen molar-refractivity contribution < 1.29 is 30.3 Å². The maximum Gasteiger partial charge on any atom is 0.142 e. The number of fused-ring (bicyclic) bond motifs is 3. The maximum absolute atomic E-state index is 14.3. The summed E-state index contributed by atoms with van der Waals surface area (Å²) in [5, 5.41) is 3.39. The molecule has 7 rings (SSSR count). The van der Waals surface area contributed by atoms with Crippen molar-refractivity contribution in [3.05, 3.63) is 114 Å². The summed E-state index contributed by atoms with van der Waals surface area (Å²) in [5.74, 6) is -0.207. The molecule has 0 atom stereocenters. The molecule has 6 heteroatoms. The van der Waals surface area contributed by atoms with Crippen LogP contribution in [0.4, 0.5) is 4.39 Å². The maximum atomic E-state index is 14.3. The summed E-state index contributed by atoms with van der Waals surface area (Å²) >= 11 is 0. The van der Waals surface area contributed by atoms with Gasteiger partial charge in [0.1, 0.15) is 11.4 Å². The second-order valence-electron chi connectivity index (χ2n) is 13.4. The number of hydrogen-bond donors (Lipinski definition) is 0. The van der Waals surface area contributed by atoms with Gasteiger partial charge in [-0.05, 0) is 46.4 Å². The molecular formula is C40H41FIrN2OSi-2. The number of pyridine rings is 2. The standard InChI is InChI=1S/C23H19FNO.C17H22NSi.Ir/c24-20-14-25-21(13-17(20)11-15-5-1-2-6-15)16-9-10-23-19(12-16)18-7-3-4-8-22(18)26-23;1-13(2)15-11-16(14-9-7-6-8-10-14)18-12-17(15)19(3,4)5;/h3-4,7-8,10,12-15H,1-2,5-6,11H2;6-9,11-13H,1-5H3;/q2*-1;/i;13D;. The van der Waals surface area contributed by atoms with Crippen LogP contribution in [-0.2, 0) is 26.5 Å². The van der Waals surface area contributed by atoms with Crippen LogP contribution in [0.25, 0.3) is 44.5 Å². The molecule has 0 spiro atoms. The minimum Gasteiger partial charge on any atom is -0.500 e. The first-order valence-electron chi connectivity index (χ1n) is 16.4. The van der Waals surface area contributed by atoms with E-state index < -0.39 is 14.0 Å². The molecule has 3 heterocycles. The Kier molecular flexibility index (Phi) is 10.3. The topological polar surface area (TPSA) is 38.9 Å². The van der Waals surface area contributed by atoms with Crippen molar-refractivity contribution in [3.63, 3.8) is 0 Å². The summed E-state index contributed by atoms with van der Waals surface area (Å²) in [6.45, 7) is 10.8. The second kappa shape index (κ2) is 14.5. The van der Waals surface area contributed by atoms with Crippen molar-refractivity contribution in [2.45, 2.75) is 71.5 Å². The minimum atomic E-state index is -1.50. The molecule has 0 unspecified atom stereocenters. The van der Waals surface area contributed by atoms with Crippen LogP contribution in [0.15, 0.2) is 89.6 Å². The molecule has 0 saturated heterocycles. The predicted octanol–water partition coefficient (Wildman–Crippen LogP) is 10.5. The minimum absolute atomic E-state index is 0. The molecule has 0 amide bonds. The first-order valence-corrected chi connectivity index (χ1v) is 19.4. The van der Waals surface area contributed by atoms with Gasteiger partial charge in [0.15, 0.2) is 0 Å². The fraction of sp³-hybridized carbons (Fsp3) is 0.300. The first kappa shape index (κ1) is 32.5. The molecular weight excluding hydrogens is 764 g/mol. The van der Waals surface area contributed by atoms with E-state index in [1.165, 1.54) is 37.1 Å². The van der Waals surface area contributed by atoms with Crippen molar-refractivity contribution in [2.24, 2.45) is 5.92 Å². The van der Waals surface area contributed by atoms with Crippen molar-refractivity contribution >= 4 is 35.2 Å². The van der Waals surface area contributed by atoms with Crippen LogP contribution in [0.1, 0.15) is 57.9 Å². The Labute approximate surface area is 288 Å². The molecule has 0 aliphatic heterocycles.